The Morgan fingerprint density at radius 1 is 1.38 bits per heavy atom. The first-order valence-electron chi connectivity index (χ1n) is 7.07. The number of nitro groups is 1. The average Bonchev–Trinajstić information content (AvgIpc) is 2.98. The van der Waals surface area contributed by atoms with E-state index in [9.17, 15) is 19.7 Å². The third-order valence-electron chi connectivity index (χ3n) is 3.29. The van der Waals surface area contributed by atoms with Crippen LogP contribution in [0.15, 0.2) is 23.6 Å². The molecule has 1 atom stereocenters. The van der Waals surface area contributed by atoms with E-state index in [1.54, 1.807) is 0 Å². The number of hydrogen-bond donors (Lipinski definition) is 2. The maximum absolute atomic E-state index is 12.4. The van der Waals surface area contributed by atoms with Crippen molar-refractivity contribution in [1.29, 1.82) is 0 Å². The van der Waals surface area contributed by atoms with Crippen molar-refractivity contribution < 1.29 is 19.6 Å². The second kappa shape index (κ2) is 7.18. The quantitative estimate of drug-likeness (QED) is 0.610. The highest BCUT2D eigenvalue weighted by Gasteiger charge is 2.21. The Morgan fingerprint density at radius 3 is 2.54 bits per heavy atom. The molecule has 8 nitrogen and oxygen atoms in total. The Labute approximate surface area is 141 Å². The molecule has 0 fully saturated rings. The minimum atomic E-state index is -1.34. The summed E-state index contributed by atoms with van der Waals surface area (Å²) in [6.45, 7) is 3.71. The van der Waals surface area contributed by atoms with Crippen molar-refractivity contribution in [1.82, 2.24) is 10.3 Å². The zero-order valence-electron chi connectivity index (χ0n) is 13.0. The number of nitrogens with one attached hydrogen (secondary N) is 1. The first-order valence-corrected chi connectivity index (χ1v) is 7.95. The summed E-state index contributed by atoms with van der Waals surface area (Å²) >= 11 is 1.41. The maximum atomic E-state index is 12.4. The van der Waals surface area contributed by atoms with Crippen LogP contribution in [0.1, 0.15) is 50.8 Å². The molecule has 24 heavy (non-hydrogen) atoms. The number of benzene rings is 1. The maximum Gasteiger partial charge on any atom is 0.335 e. The lowest BCUT2D eigenvalue weighted by Gasteiger charge is -2.14. The molecule has 1 amide bonds. The normalized spacial score (nSPS) is 11.8. The van der Waals surface area contributed by atoms with Gasteiger partial charge in [0.2, 0.25) is 0 Å². The van der Waals surface area contributed by atoms with E-state index in [-0.39, 0.29) is 17.2 Å². The molecule has 1 aromatic heterocycles. The van der Waals surface area contributed by atoms with Crippen molar-refractivity contribution in [3.05, 3.63) is 55.5 Å². The van der Waals surface area contributed by atoms with Gasteiger partial charge in [-0.2, -0.15) is 0 Å². The number of aromatic nitrogens is 1. The van der Waals surface area contributed by atoms with Crippen LogP contribution < -0.4 is 5.32 Å². The lowest BCUT2D eigenvalue weighted by molar-refractivity contribution is -0.384. The molecule has 0 radical (unpaired) electrons. The summed E-state index contributed by atoms with van der Waals surface area (Å²) in [7, 11) is 0. The van der Waals surface area contributed by atoms with Crippen LogP contribution in [-0.4, -0.2) is 26.9 Å². The predicted molar refractivity (Wildman–Crippen MR) is 87.4 cm³/mol. The Hall–Kier alpha value is -2.81. The van der Waals surface area contributed by atoms with Gasteiger partial charge in [-0.15, -0.1) is 11.3 Å². The summed E-state index contributed by atoms with van der Waals surface area (Å²) in [5.74, 6) is -1.92. The topological polar surface area (TPSA) is 122 Å². The lowest BCUT2D eigenvalue weighted by atomic mass is 10.1. The Kier molecular flexibility index (Phi) is 5.24. The minimum absolute atomic E-state index is 0.0756. The number of carbonyl (C=O) groups is 2. The molecule has 0 bridgehead atoms. The number of nitrogens with zero attached hydrogens (tertiary/aromatic N) is 2. The fraction of sp³-hybridized carbons (Fsp3) is 0.267. The molecule has 9 heteroatoms. The fourth-order valence-electron chi connectivity index (χ4n) is 2.08. The average molecular weight is 349 g/mol. The van der Waals surface area contributed by atoms with E-state index < -0.39 is 22.5 Å². The number of aryl methyl sites for hydroxylation is 1. The zero-order valence-corrected chi connectivity index (χ0v) is 13.8. The summed E-state index contributed by atoms with van der Waals surface area (Å²) in [4.78, 5) is 38.0. The molecular weight excluding hydrogens is 334 g/mol. The highest BCUT2D eigenvalue weighted by molar-refractivity contribution is 7.09. The summed E-state index contributed by atoms with van der Waals surface area (Å²) in [5.41, 5.74) is 0.00484. The zero-order chi connectivity index (χ0) is 17.9. The fourth-order valence-corrected chi connectivity index (χ4v) is 3.01. The van der Waals surface area contributed by atoms with Gasteiger partial charge in [0.15, 0.2) is 0 Å². The van der Waals surface area contributed by atoms with E-state index >= 15 is 0 Å². The number of rotatable bonds is 6. The van der Waals surface area contributed by atoms with E-state index in [1.165, 1.54) is 11.3 Å². The second-order valence-electron chi connectivity index (χ2n) is 5.09. The van der Waals surface area contributed by atoms with Crippen LogP contribution in [0, 0.1) is 17.0 Å². The second-order valence-corrected chi connectivity index (χ2v) is 5.98. The Balaban J connectivity index is 2.31. The first-order chi connectivity index (χ1) is 11.3. The monoisotopic (exact) mass is 349 g/mol. The lowest BCUT2D eigenvalue weighted by Crippen LogP contribution is -2.28. The van der Waals surface area contributed by atoms with Gasteiger partial charge in [0, 0.05) is 28.8 Å². The summed E-state index contributed by atoms with van der Waals surface area (Å²) in [5, 5.41) is 25.3. The standard InChI is InChI=1S/C15H15N3O5S/c1-3-12(14-16-8(2)7-24-14)17-13(19)9-4-10(15(20)21)6-11(5-9)18(22)23/h4-7,12H,3H2,1-2H3,(H,17,19)(H,20,21). The highest BCUT2D eigenvalue weighted by atomic mass is 32.1. The molecule has 1 aromatic carbocycles. The van der Waals surface area contributed by atoms with Gasteiger partial charge in [-0.05, 0) is 19.4 Å². The van der Waals surface area contributed by atoms with Crippen molar-refractivity contribution in [3.8, 4) is 0 Å². The molecule has 2 rings (SSSR count). The minimum Gasteiger partial charge on any atom is -0.478 e. The van der Waals surface area contributed by atoms with E-state index in [1.807, 2.05) is 19.2 Å². The molecule has 2 aromatic rings. The van der Waals surface area contributed by atoms with E-state index in [0.717, 1.165) is 28.9 Å². The van der Waals surface area contributed by atoms with Gasteiger partial charge < -0.3 is 10.4 Å². The molecule has 1 unspecified atom stereocenters. The van der Waals surface area contributed by atoms with Crippen molar-refractivity contribution in [2.45, 2.75) is 26.3 Å². The molecule has 0 aliphatic carbocycles. The van der Waals surface area contributed by atoms with Gasteiger partial charge >= 0.3 is 5.97 Å². The van der Waals surface area contributed by atoms with Crippen molar-refractivity contribution in [2.75, 3.05) is 0 Å². The SMILES string of the molecule is CCC(NC(=O)c1cc(C(=O)O)cc([N+](=O)[O-])c1)c1nc(C)cs1. The first kappa shape index (κ1) is 17.5. The van der Waals surface area contributed by atoms with E-state index in [2.05, 4.69) is 10.3 Å². The number of carbonyl (C=O) groups excluding carboxylic acids is 1. The summed E-state index contributed by atoms with van der Waals surface area (Å²) < 4.78 is 0. The van der Waals surface area contributed by atoms with E-state index in [4.69, 9.17) is 5.11 Å². The predicted octanol–water partition coefficient (Wildman–Crippen LogP) is 2.94. The number of carboxylic acids is 1. The number of thiazole rings is 1. The Morgan fingerprint density at radius 2 is 2.04 bits per heavy atom. The third-order valence-corrected chi connectivity index (χ3v) is 4.36. The summed E-state index contributed by atoms with van der Waals surface area (Å²) in [6.07, 6.45) is 0.583. The molecule has 0 saturated heterocycles. The molecule has 1 heterocycles. The number of nitro benzene ring substituents is 1. The number of aromatic carboxylic acids is 1. The summed E-state index contributed by atoms with van der Waals surface area (Å²) in [6, 6.07) is 2.75. The smallest absolute Gasteiger partial charge is 0.335 e. The van der Waals surface area contributed by atoms with Gasteiger partial charge in [-0.1, -0.05) is 6.92 Å². The van der Waals surface area contributed by atoms with Crippen LogP contribution in [-0.2, 0) is 0 Å². The molecule has 0 spiro atoms. The Bertz CT molecular complexity index is 770. The number of carboxylic acid groups (broad SMARTS) is 1. The van der Waals surface area contributed by atoms with Crippen LogP contribution >= 0.6 is 11.3 Å². The molecule has 126 valence electrons. The molecular formula is C15H15N3O5S. The third kappa shape index (κ3) is 3.93. The van der Waals surface area contributed by atoms with Crippen LogP contribution in [0.5, 0.6) is 0 Å². The number of amides is 1. The van der Waals surface area contributed by atoms with Crippen molar-refractivity contribution in [2.24, 2.45) is 0 Å². The van der Waals surface area contributed by atoms with Crippen molar-refractivity contribution >= 4 is 28.9 Å². The van der Waals surface area contributed by atoms with Gasteiger partial charge in [0.1, 0.15) is 5.01 Å². The van der Waals surface area contributed by atoms with Gasteiger partial charge in [-0.3, -0.25) is 14.9 Å². The number of hydrogen-bond acceptors (Lipinski definition) is 6. The molecule has 2 N–H and O–H groups in total. The van der Waals surface area contributed by atoms with Gasteiger partial charge in [0.25, 0.3) is 11.6 Å². The molecule has 0 aliphatic heterocycles. The van der Waals surface area contributed by atoms with Gasteiger partial charge in [-0.25, -0.2) is 9.78 Å². The van der Waals surface area contributed by atoms with Crippen LogP contribution in [0.25, 0.3) is 0 Å². The number of non-ortho nitro benzene ring substituents is 1. The molecule has 0 aliphatic rings. The van der Waals surface area contributed by atoms with Crippen LogP contribution in [0.4, 0.5) is 5.69 Å². The largest absolute Gasteiger partial charge is 0.478 e. The highest BCUT2D eigenvalue weighted by Crippen LogP contribution is 2.23. The molecule has 0 saturated carbocycles. The van der Waals surface area contributed by atoms with E-state index in [0.29, 0.717) is 6.42 Å². The van der Waals surface area contributed by atoms with Gasteiger partial charge in [0.05, 0.1) is 16.5 Å². The van der Waals surface area contributed by atoms with Crippen LogP contribution in [0.3, 0.4) is 0 Å². The van der Waals surface area contributed by atoms with Crippen LogP contribution in [0.2, 0.25) is 0 Å². The van der Waals surface area contributed by atoms with Crippen molar-refractivity contribution in [3.63, 3.8) is 0 Å².